The van der Waals surface area contributed by atoms with Gasteiger partial charge in [-0.3, -0.25) is 0 Å². The summed E-state index contributed by atoms with van der Waals surface area (Å²) >= 11 is 0. The summed E-state index contributed by atoms with van der Waals surface area (Å²) in [5, 5.41) is 0. The van der Waals surface area contributed by atoms with Gasteiger partial charge in [-0.25, -0.2) is 26.3 Å². The quantitative estimate of drug-likeness (QED) is 0.151. The highest BCUT2D eigenvalue weighted by Gasteiger charge is 2.40. The first-order chi connectivity index (χ1) is 20.5. The Morgan fingerprint density at radius 2 is 1.26 bits per heavy atom. The van der Waals surface area contributed by atoms with Crippen LogP contribution in [0.4, 0.5) is 35.1 Å². The predicted octanol–water partition coefficient (Wildman–Crippen LogP) is 10.7. The topological polar surface area (TPSA) is 9.23 Å². The summed E-state index contributed by atoms with van der Waals surface area (Å²) in [6, 6.07) is 12.9. The predicted molar refractivity (Wildman–Crippen MR) is 148 cm³/mol. The molecule has 43 heavy (non-hydrogen) atoms. The van der Waals surface area contributed by atoms with Crippen molar-refractivity contribution in [2.45, 2.75) is 50.7 Å². The first-order valence-corrected chi connectivity index (χ1v) is 13.7. The largest absolute Gasteiger partial charge is 0.386 e. The maximum Gasteiger partial charge on any atom is 0.386 e. The zero-order valence-corrected chi connectivity index (χ0v) is 22.9. The third kappa shape index (κ3) is 6.51. The minimum absolute atomic E-state index is 0.0878. The Labute approximate surface area is 243 Å². The van der Waals surface area contributed by atoms with E-state index < -0.39 is 52.7 Å². The molecule has 0 unspecified atom stereocenters. The molecule has 4 aromatic rings. The SMILES string of the molecule is C/C=C/c1ccc(C(F)(F)OC2CCC(c3ccc(-c4ccc(-c5cc(F)c(F)c(F)c5)c(F)c4)c(F)c3)CC2)c(F)c1. The van der Waals surface area contributed by atoms with Crippen LogP contribution in [0, 0.1) is 34.9 Å². The highest BCUT2D eigenvalue weighted by atomic mass is 19.3. The molecule has 0 atom stereocenters. The van der Waals surface area contributed by atoms with Crippen molar-refractivity contribution < 1.29 is 39.9 Å². The van der Waals surface area contributed by atoms with E-state index in [4.69, 9.17) is 4.74 Å². The Hall–Kier alpha value is -3.98. The Morgan fingerprint density at radius 1 is 0.651 bits per heavy atom. The molecule has 9 heteroatoms. The average molecular weight is 603 g/mol. The van der Waals surface area contributed by atoms with Crippen molar-refractivity contribution in [1.29, 1.82) is 0 Å². The van der Waals surface area contributed by atoms with Gasteiger partial charge in [0.25, 0.3) is 0 Å². The van der Waals surface area contributed by atoms with E-state index in [0.717, 1.165) is 18.2 Å². The second-order valence-electron chi connectivity index (χ2n) is 10.5. The number of hydrogen-bond acceptors (Lipinski definition) is 1. The molecule has 1 aliphatic carbocycles. The molecular formula is C34H26F8O. The maximum absolute atomic E-state index is 15.2. The van der Waals surface area contributed by atoms with Gasteiger partial charge in [0, 0.05) is 11.1 Å². The minimum Gasteiger partial charge on any atom is -0.313 e. The number of hydrogen-bond donors (Lipinski definition) is 0. The second-order valence-corrected chi connectivity index (χ2v) is 10.5. The lowest BCUT2D eigenvalue weighted by Crippen LogP contribution is -2.30. The summed E-state index contributed by atoms with van der Waals surface area (Å²) in [6.45, 7) is 1.73. The van der Waals surface area contributed by atoms with Gasteiger partial charge in [-0.05, 0) is 97.2 Å². The normalized spacial score (nSPS) is 17.5. The summed E-state index contributed by atoms with van der Waals surface area (Å²) in [4.78, 5) is 0. The molecule has 0 N–H and O–H groups in total. The van der Waals surface area contributed by atoms with E-state index in [1.165, 1.54) is 30.3 Å². The Kier molecular flexibility index (Phi) is 8.74. The van der Waals surface area contributed by atoms with Gasteiger partial charge in [0.15, 0.2) is 17.5 Å². The minimum atomic E-state index is -3.81. The third-order valence-corrected chi connectivity index (χ3v) is 7.69. The van der Waals surface area contributed by atoms with Crippen LogP contribution in [0.1, 0.15) is 55.2 Å². The maximum atomic E-state index is 15.2. The monoisotopic (exact) mass is 602 g/mol. The highest BCUT2D eigenvalue weighted by Crippen LogP contribution is 2.41. The molecule has 0 bridgehead atoms. The van der Waals surface area contributed by atoms with Crippen LogP contribution in [0.15, 0.2) is 72.8 Å². The molecule has 0 heterocycles. The molecule has 0 spiro atoms. The van der Waals surface area contributed by atoms with Gasteiger partial charge in [-0.2, -0.15) is 8.78 Å². The van der Waals surface area contributed by atoms with Crippen molar-refractivity contribution in [2.75, 3.05) is 0 Å². The van der Waals surface area contributed by atoms with E-state index in [-0.39, 0.29) is 41.0 Å². The van der Waals surface area contributed by atoms with Crippen LogP contribution in [0.5, 0.6) is 0 Å². The van der Waals surface area contributed by atoms with E-state index in [2.05, 4.69) is 0 Å². The number of ether oxygens (including phenoxy) is 1. The summed E-state index contributed by atoms with van der Waals surface area (Å²) in [6.07, 6.45) is 0.0514. The van der Waals surface area contributed by atoms with Gasteiger partial charge in [0.05, 0.1) is 11.7 Å². The van der Waals surface area contributed by atoms with Gasteiger partial charge < -0.3 is 4.74 Å². The summed E-state index contributed by atoms with van der Waals surface area (Å²) in [5.41, 5.74) is 0.147. The lowest BCUT2D eigenvalue weighted by atomic mass is 9.82. The fraction of sp³-hybridized carbons (Fsp3) is 0.235. The van der Waals surface area contributed by atoms with Crippen molar-refractivity contribution in [1.82, 2.24) is 0 Å². The number of rotatable bonds is 7. The van der Waals surface area contributed by atoms with Crippen molar-refractivity contribution in [3.8, 4) is 22.3 Å². The van der Waals surface area contributed by atoms with Crippen molar-refractivity contribution in [3.63, 3.8) is 0 Å². The molecule has 0 saturated heterocycles. The third-order valence-electron chi connectivity index (χ3n) is 7.69. The van der Waals surface area contributed by atoms with Crippen LogP contribution >= 0.6 is 0 Å². The van der Waals surface area contributed by atoms with Gasteiger partial charge in [-0.15, -0.1) is 0 Å². The van der Waals surface area contributed by atoms with E-state index in [9.17, 15) is 30.7 Å². The van der Waals surface area contributed by atoms with E-state index in [0.29, 0.717) is 36.1 Å². The van der Waals surface area contributed by atoms with E-state index in [1.54, 1.807) is 25.1 Å². The highest BCUT2D eigenvalue weighted by molar-refractivity contribution is 5.71. The van der Waals surface area contributed by atoms with Crippen LogP contribution in [-0.2, 0) is 10.8 Å². The molecular weight excluding hydrogens is 576 g/mol. The van der Waals surface area contributed by atoms with Crippen LogP contribution in [0.25, 0.3) is 28.3 Å². The van der Waals surface area contributed by atoms with Gasteiger partial charge in [0.2, 0.25) is 0 Å². The molecule has 1 aliphatic rings. The standard InChI is InChI=1S/C34H26F8O/c1-2-3-19-4-13-27(30(37)14-19)34(41,42)43-24-9-5-20(6-10-24)21-7-11-25(28(35)15-21)22-8-12-26(29(36)16-22)23-17-31(38)33(40)32(39)18-23/h2-4,7-8,11-18,20,24H,5-6,9-10H2,1H3/b3-2+. The Balaban J connectivity index is 1.25. The Morgan fingerprint density at radius 3 is 1.86 bits per heavy atom. The van der Waals surface area contributed by atoms with Gasteiger partial charge >= 0.3 is 6.11 Å². The zero-order chi connectivity index (χ0) is 30.9. The molecule has 0 aromatic heterocycles. The summed E-state index contributed by atoms with van der Waals surface area (Å²) in [7, 11) is 0. The fourth-order valence-corrected chi connectivity index (χ4v) is 5.50. The number of halogens is 8. The van der Waals surface area contributed by atoms with E-state index >= 15 is 4.39 Å². The van der Waals surface area contributed by atoms with Crippen LogP contribution in [-0.4, -0.2) is 6.10 Å². The Bertz CT molecular complexity index is 1650. The van der Waals surface area contributed by atoms with Gasteiger partial charge in [-0.1, -0.05) is 42.5 Å². The number of alkyl halides is 2. The molecule has 1 fully saturated rings. The molecule has 224 valence electrons. The first kappa shape index (κ1) is 30.5. The molecule has 1 saturated carbocycles. The lowest BCUT2D eigenvalue weighted by molar-refractivity contribution is -0.278. The average Bonchev–Trinajstić information content (AvgIpc) is 2.96. The molecule has 0 amide bonds. The molecule has 5 rings (SSSR count). The zero-order valence-electron chi connectivity index (χ0n) is 22.9. The first-order valence-electron chi connectivity index (χ1n) is 13.7. The molecule has 4 aromatic carbocycles. The molecule has 1 nitrogen and oxygen atoms in total. The summed E-state index contributed by atoms with van der Waals surface area (Å²) < 4.78 is 120. The van der Waals surface area contributed by atoms with Crippen molar-refractivity contribution >= 4 is 6.08 Å². The van der Waals surface area contributed by atoms with Gasteiger partial charge in [0.1, 0.15) is 17.5 Å². The molecule has 0 radical (unpaired) electrons. The van der Waals surface area contributed by atoms with Crippen LogP contribution < -0.4 is 0 Å². The summed E-state index contributed by atoms with van der Waals surface area (Å²) in [5.74, 6) is -7.28. The lowest BCUT2D eigenvalue weighted by Gasteiger charge is -2.31. The van der Waals surface area contributed by atoms with Crippen molar-refractivity contribution in [2.24, 2.45) is 0 Å². The second kappa shape index (κ2) is 12.3. The molecule has 0 aliphatic heterocycles. The number of benzene rings is 4. The van der Waals surface area contributed by atoms with Crippen LogP contribution in [0.2, 0.25) is 0 Å². The van der Waals surface area contributed by atoms with Crippen molar-refractivity contribution in [3.05, 3.63) is 124 Å². The smallest absolute Gasteiger partial charge is 0.313 e. The number of allylic oxidation sites excluding steroid dienone is 1. The van der Waals surface area contributed by atoms with E-state index in [1.807, 2.05) is 0 Å². The van der Waals surface area contributed by atoms with Crippen LogP contribution in [0.3, 0.4) is 0 Å². The fourth-order valence-electron chi connectivity index (χ4n) is 5.50.